The maximum Gasteiger partial charge on any atom is 0.132 e. The average Bonchev–Trinajstić information content (AvgIpc) is 2.40. The maximum absolute atomic E-state index is 2.32. The summed E-state index contributed by atoms with van der Waals surface area (Å²) >= 11 is 0. The van der Waals surface area contributed by atoms with Gasteiger partial charge in [0.1, 0.15) is 5.69 Å². The molecule has 0 aliphatic carbocycles. The number of rotatable bonds is 9. The Morgan fingerprint density at radius 2 is 1.32 bits per heavy atom. The molecule has 1 aromatic rings. The van der Waals surface area contributed by atoms with E-state index in [-0.39, 0.29) is 5.48 Å². The molecule has 0 aliphatic heterocycles. The SMILES string of the molecule is CCCCC[N+](CCC)(CCC)c1ccccc1.[OH-]. The number of quaternary nitrogens is 1. The maximum atomic E-state index is 2.32. The van der Waals surface area contributed by atoms with E-state index in [1.54, 1.807) is 0 Å². The van der Waals surface area contributed by atoms with Crippen molar-refractivity contribution in [1.29, 1.82) is 0 Å². The van der Waals surface area contributed by atoms with Crippen molar-refractivity contribution in [3.63, 3.8) is 0 Å². The highest BCUT2D eigenvalue weighted by atomic mass is 16.0. The highest BCUT2D eigenvalue weighted by molar-refractivity contribution is 5.42. The van der Waals surface area contributed by atoms with Crippen molar-refractivity contribution in [2.45, 2.75) is 52.9 Å². The fourth-order valence-corrected chi connectivity index (χ4v) is 2.99. The summed E-state index contributed by atoms with van der Waals surface area (Å²) in [5.74, 6) is 0. The number of unbranched alkanes of at least 4 members (excludes halogenated alkanes) is 2. The minimum atomic E-state index is 0. The molecule has 0 amide bonds. The Labute approximate surface area is 119 Å². The molecule has 0 spiro atoms. The number of nitrogens with zero attached hydrogens (tertiary/aromatic N) is 1. The fourth-order valence-electron chi connectivity index (χ4n) is 2.99. The quantitative estimate of drug-likeness (QED) is 0.464. The van der Waals surface area contributed by atoms with E-state index in [4.69, 9.17) is 0 Å². The summed E-state index contributed by atoms with van der Waals surface area (Å²) in [6.07, 6.45) is 6.56. The third kappa shape index (κ3) is 5.33. The molecule has 0 atom stereocenters. The van der Waals surface area contributed by atoms with Crippen molar-refractivity contribution in [2.24, 2.45) is 0 Å². The van der Waals surface area contributed by atoms with Gasteiger partial charge in [-0.1, -0.05) is 45.4 Å². The van der Waals surface area contributed by atoms with Crippen LogP contribution in [0, 0.1) is 0 Å². The van der Waals surface area contributed by atoms with Crippen molar-refractivity contribution in [3.05, 3.63) is 30.3 Å². The Morgan fingerprint density at radius 1 is 0.737 bits per heavy atom. The lowest BCUT2D eigenvalue weighted by atomic mass is 10.1. The fraction of sp³-hybridized carbons (Fsp3) is 0.647. The lowest BCUT2D eigenvalue weighted by Crippen LogP contribution is -2.51. The van der Waals surface area contributed by atoms with Crippen LogP contribution >= 0.6 is 0 Å². The van der Waals surface area contributed by atoms with Crippen molar-refractivity contribution in [3.8, 4) is 0 Å². The van der Waals surface area contributed by atoms with Gasteiger partial charge in [-0.15, -0.1) is 0 Å². The molecule has 0 bridgehead atoms. The van der Waals surface area contributed by atoms with Gasteiger partial charge in [-0.25, -0.2) is 0 Å². The number of hydrogen-bond donors (Lipinski definition) is 0. The van der Waals surface area contributed by atoms with Gasteiger partial charge in [0.2, 0.25) is 0 Å². The van der Waals surface area contributed by atoms with Crippen molar-refractivity contribution >= 4 is 5.69 Å². The van der Waals surface area contributed by atoms with E-state index < -0.39 is 0 Å². The predicted octanol–water partition coefficient (Wildman–Crippen LogP) is 4.83. The molecule has 0 aromatic heterocycles. The molecule has 1 rings (SSSR count). The lowest BCUT2D eigenvalue weighted by Gasteiger charge is -2.38. The van der Waals surface area contributed by atoms with Crippen LogP contribution in [0.3, 0.4) is 0 Å². The zero-order valence-electron chi connectivity index (χ0n) is 12.9. The topological polar surface area (TPSA) is 30.0 Å². The van der Waals surface area contributed by atoms with E-state index in [1.165, 1.54) is 61.9 Å². The normalized spacial score (nSPS) is 11.1. The van der Waals surface area contributed by atoms with Gasteiger partial charge >= 0.3 is 0 Å². The molecule has 2 nitrogen and oxygen atoms in total. The largest absolute Gasteiger partial charge is 0.870 e. The van der Waals surface area contributed by atoms with Crippen LogP contribution in [0.15, 0.2) is 30.3 Å². The molecule has 2 heteroatoms. The first-order valence-corrected chi connectivity index (χ1v) is 7.70. The van der Waals surface area contributed by atoms with Crippen LogP contribution in [0.25, 0.3) is 0 Å². The monoisotopic (exact) mass is 265 g/mol. The van der Waals surface area contributed by atoms with Crippen molar-refractivity contribution in [1.82, 2.24) is 4.48 Å². The molecule has 19 heavy (non-hydrogen) atoms. The van der Waals surface area contributed by atoms with Crippen molar-refractivity contribution in [2.75, 3.05) is 19.6 Å². The highest BCUT2D eigenvalue weighted by Gasteiger charge is 2.27. The van der Waals surface area contributed by atoms with Crippen LogP contribution in [0.1, 0.15) is 52.9 Å². The molecule has 0 heterocycles. The second-order valence-electron chi connectivity index (χ2n) is 5.36. The third-order valence-electron chi connectivity index (χ3n) is 3.80. The van der Waals surface area contributed by atoms with Crippen molar-refractivity contribution < 1.29 is 5.48 Å². The van der Waals surface area contributed by atoms with Crippen LogP contribution < -0.4 is 4.48 Å². The van der Waals surface area contributed by atoms with Gasteiger partial charge in [0, 0.05) is 0 Å². The Hall–Kier alpha value is -0.860. The highest BCUT2D eigenvalue weighted by Crippen LogP contribution is 2.25. The van der Waals surface area contributed by atoms with Crippen LogP contribution in [0.4, 0.5) is 5.69 Å². The van der Waals surface area contributed by atoms with Gasteiger partial charge in [0.05, 0.1) is 19.6 Å². The van der Waals surface area contributed by atoms with E-state index in [1.807, 2.05) is 0 Å². The van der Waals surface area contributed by atoms with E-state index in [0.29, 0.717) is 0 Å². The van der Waals surface area contributed by atoms with E-state index in [0.717, 1.165) is 0 Å². The summed E-state index contributed by atoms with van der Waals surface area (Å²) in [7, 11) is 0. The standard InChI is InChI=1S/C17H30N.H2O/c1-4-7-11-16-18(14-5-2,15-6-3)17-12-9-8-10-13-17;/h8-10,12-13H,4-7,11,14-16H2,1-3H3;1H2/q+1;/p-1. The Bertz CT molecular complexity index is 304. The second kappa shape index (κ2) is 9.99. The predicted molar refractivity (Wildman–Crippen MR) is 84.9 cm³/mol. The second-order valence-corrected chi connectivity index (χ2v) is 5.36. The van der Waals surface area contributed by atoms with E-state index >= 15 is 0 Å². The summed E-state index contributed by atoms with van der Waals surface area (Å²) in [6.45, 7) is 10.8. The molecule has 110 valence electrons. The number of benzene rings is 1. The van der Waals surface area contributed by atoms with Gasteiger partial charge in [0.25, 0.3) is 0 Å². The van der Waals surface area contributed by atoms with E-state index in [9.17, 15) is 0 Å². The molecule has 0 unspecified atom stereocenters. The lowest BCUT2D eigenvalue weighted by molar-refractivity contribution is 0.266. The zero-order valence-corrected chi connectivity index (χ0v) is 12.9. The molecule has 1 N–H and O–H groups in total. The van der Waals surface area contributed by atoms with Crippen LogP contribution in [-0.2, 0) is 0 Å². The molecule has 0 saturated carbocycles. The first-order chi connectivity index (χ1) is 8.79. The van der Waals surface area contributed by atoms with Gasteiger partial charge < -0.3 is 5.48 Å². The smallest absolute Gasteiger partial charge is 0.132 e. The Kier molecular flexibility index (Phi) is 9.54. The van der Waals surface area contributed by atoms with Crippen LogP contribution in [0.5, 0.6) is 0 Å². The van der Waals surface area contributed by atoms with Gasteiger partial charge in [0.15, 0.2) is 0 Å². The molecule has 1 aromatic carbocycles. The van der Waals surface area contributed by atoms with Crippen LogP contribution in [-0.4, -0.2) is 25.1 Å². The zero-order chi connectivity index (χ0) is 13.3. The first-order valence-electron chi connectivity index (χ1n) is 7.70. The minimum absolute atomic E-state index is 0. The molecule has 0 saturated heterocycles. The first kappa shape index (κ1) is 18.1. The molecular weight excluding hydrogens is 234 g/mol. The van der Waals surface area contributed by atoms with Gasteiger partial charge in [-0.2, -0.15) is 0 Å². The van der Waals surface area contributed by atoms with E-state index in [2.05, 4.69) is 51.1 Å². The number of para-hydroxylation sites is 1. The van der Waals surface area contributed by atoms with Crippen LogP contribution in [0.2, 0.25) is 0 Å². The summed E-state index contributed by atoms with van der Waals surface area (Å²) in [5.41, 5.74) is 1.51. The molecule has 0 aliphatic rings. The molecular formula is C17H31NO. The van der Waals surface area contributed by atoms with Gasteiger partial charge in [-0.3, -0.25) is 4.48 Å². The number of hydrogen-bond acceptors (Lipinski definition) is 1. The summed E-state index contributed by atoms with van der Waals surface area (Å²) in [4.78, 5) is 0. The average molecular weight is 265 g/mol. The van der Waals surface area contributed by atoms with Gasteiger partial charge in [-0.05, 0) is 37.8 Å². The molecule has 0 radical (unpaired) electrons. The third-order valence-corrected chi connectivity index (χ3v) is 3.80. The Balaban J connectivity index is 0.00000324. The molecule has 0 fully saturated rings. The minimum Gasteiger partial charge on any atom is -0.870 e. The summed E-state index contributed by atoms with van der Waals surface area (Å²) in [6, 6.07) is 11.1. The summed E-state index contributed by atoms with van der Waals surface area (Å²) < 4.78 is 1.19. The summed E-state index contributed by atoms with van der Waals surface area (Å²) in [5, 5.41) is 0. The Morgan fingerprint density at radius 3 is 1.79 bits per heavy atom.